The molecule has 164 valence electrons. The van der Waals surface area contributed by atoms with Gasteiger partial charge < -0.3 is 23.8 Å². The predicted molar refractivity (Wildman–Crippen MR) is 119 cm³/mol. The minimum absolute atomic E-state index is 0.0198. The van der Waals surface area contributed by atoms with E-state index in [0.717, 1.165) is 42.0 Å². The summed E-state index contributed by atoms with van der Waals surface area (Å²) in [6, 6.07) is 9.53. The van der Waals surface area contributed by atoms with Gasteiger partial charge in [-0.3, -0.25) is 4.79 Å². The second kappa shape index (κ2) is 9.52. The fourth-order valence-electron chi connectivity index (χ4n) is 4.03. The maximum Gasteiger partial charge on any atom is 0.247 e. The maximum atomic E-state index is 13.0. The Hall–Kier alpha value is -2.86. The third-order valence-electron chi connectivity index (χ3n) is 5.45. The van der Waals surface area contributed by atoms with Gasteiger partial charge in [-0.2, -0.15) is 0 Å². The van der Waals surface area contributed by atoms with Crippen molar-refractivity contribution in [1.82, 2.24) is 4.90 Å². The first-order valence-corrected chi connectivity index (χ1v) is 10.9. The van der Waals surface area contributed by atoms with Crippen LogP contribution in [-0.2, 0) is 4.79 Å². The molecular weight excluding hydrogens is 418 g/mol. The van der Waals surface area contributed by atoms with Crippen molar-refractivity contribution in [2.75, 3.05) is 33.5 Å². The van der Waals surface area contributed by atoms with Gasteiger partial charge in [0.15, 0.2) is 23.0 Å². The van der Waals surface area contributed by atoms with Crippen LogP contribution < -0.4 is 18.9 Å². The summed E-state index contributed by atoms with van der Waals surface area (Å²) in [5.41, 5.74) is 1.84. The van der Waals surface area contributed by atoms with Crippen LogP contribution in [-0.4, -0.2) is 44.3 Å². The predicted octanol–water partition coefficient (Wildman–Crippen LogP) is 4.90. The van der Waals surface area contributed by atoms with Crippen molar-refractivity contribution in [3.63, 3.8) is 0 Å². The monoisotopic (exact) mass is 443 g/mol. The van der Waals surface area contributed by atoms with Crippen LogP contribution in [0.25, 0.3) is 6.08 Å². The summed E-state index contributed by atoms with van der Waals surface area (Å²) >= 11 is 6.34. The van der Waals surface area contributed by atoms with Gasteiger partial charge in [-0.15, -0.1) is 0 Å². The Morgan fingerprint density at radius 2 is 2.03 bits per heavy atom. The van der Waals surface area contributed by atoms with E-state index in [1.165, 1.54) is 0 Å². The van der Waals surface area contributed by atoms with Gasteiger partial charge in [0.25, 0.3) is 0 Å². The summed E-state index contributed by atoms with van der Waals surface area (Å²) < 4.78 is 22.2. The van der Waals surface area contributed by atoms with E-state index in [2.05, 4.69) is 0 Å². The molecule has 0 spiro atoms. The first-order chi connectivity index (χ1) is 15.1. The minimum atomic E-state index is -0.0404. The van der Waals surface area contributed by atoms with Crippen LogP contribution in [0.1, 0.15) is 36.9 Å². The number of fused-ring (bicyclic) bond motifs is 1. The number of rotatable bonds is 6. The van der Waals surface area contributed by atoms with Crippen molar-refractivity contribution in [3.8, 4) is 23.0 Å². The van der Waals surface area contributed by atoms with Crippen molar-refractivity contribution in [1.29, 1.82) is 0 Å². The average molecular weight is 444 g/mol. The molecule has 2 aromatic carbocycles. The maximum absolute atomic E-state index is 13.0. The molecule has 4 rings (SSSR count). The molecule has 0 aromatic heterocycles. The smallest absolute Gasteiger partial charge is 0.247 e. The van der Waals surface area contributed by atoms with Crippen molar-refractivity contribution < 1.29 is 23.7 Å². The summed E-state index contributed by atoms with van der Waals surface area (Å²) in [4.78, 5) is 14.9. The van der Waals surface area contributed by atoms with Gasteiger partial charge in [-0.1, -0.05) is 17.7 Å². The highest BCUT2D eigenvalue weighted by Gasteiger charge is 2.29. The number of ether oxygens (including phenoxy) is 4. The zero-order valence-electron chi connectivity index (χ0n) is 17.7. The molecule has 0 aliphatic carbocycles. The summed E-state index contributed by atoms with van der Waals surface area (Å²) in [6.07, 6.45) is 5.22. The lowest BCUT2D eigenvalue weighted by molar-refractivity contribution is -0.126. The first kappa shape index (κ1) is 21.4. The molecule has 0 N–H and O–H groups in total. The molecule has 2 heterocycles. The molecule has 31 heavy (non-hydrogen) atoms. The zero-order valence-corrected chi connectivity index (χ0v) is 18.5. The standard InChI is InChI=1S/C24H26ClNO5/c1-3-29-24-18(25)13-16(14-22(24)28-2)6-9-23(27)26-10-4-5-19(26)17-7-8-20-21(15-17)31-12-11-30-20/h6-9,13-15,19H,3-5,10-12H2,1-2H3. The van der Waals surface area contributed by atoms with Crippen molar-refractivity contribution in [2.45, 2.75) is 25.8 Å². The molecule has 6 nitrogen and oxygen atoms in total. The van der Waals surface area contributed by atoms with E-state index in [4.69, 9.17) is 30.5 Å². The van der Waals surface area contributed by atoms with E-state index in [1.54, 1.807) is 25.3 Å². The van der Waals surface area contributed by atoms with Crippen LogP contribution in [0.15, 0.2) is 36.4 Å². The number of carbonyl (C=O) groups excluding carboxylic acids is 1. The van der Waals surface area contributed by atoms with Gasteiger partial charge in [0.2, 0.25) is 5.91 Å². The quantitative estimate of drug-likeness (QED) is 0.594. The fourth-order valence-corrected chi connectivity index (χ4v) is 4.30. The third kappa shape index (κ3) is 4.59. The Labute approximate surface area is 187 Å². The number of methoxy groups -OCH3 is 1. The number of likely N-dealkylation sites (tertiary alicyclic amines) is 1. The molecule has 0 radical (unpaired) electrons. The lowest BCUT2D eigenvalue weighted by Gasteiger charge is -2.26. The Morgan fingerprint density at radius 1 is 1.23 bits per heavy atom. The number of carbonyl (C=O) groups is 1. The van der Waals surface area contributed by atoms with Crippen LogP contribution in [0.2, 0.25) is 5.02 Å². The number of halogens is 1. The molecule has 7 heteroatoms. The van der Waals surface area contributed by atoms with Crippen LogP contribution in [0.4, 0.5) is 0 Å². The Balaban J connectivity index is 1.51. The largest absolute Gasteiger partial charge is 0.493 e. The lowest BCUT2D eigenvalue weighted by Crippen LogP contribution is -2.29. The first-order valence-electron chi connectivity index (χ1n) is 10.5. The van der Waals surface area contributed by atoms with Gasteiger partial charge in [0.1, 0.15) is 13.2 Å². The molecule has 0 bridgehead atoms. The van der Waals surface area contributed by atoms with E-state index in [-0.39, 0.29) is 11.9 Å². The Kier molecular flexibility index (Phi) is 6.56. The Morgan fingerprint density at radius 3 is 2.81 bits per heavy atom. The molecule has 2 aliphatic heterocycles. The number of hydrogen-bond acceptors (Lipinski definition) is 5. The zero-order chi connectivity index (χ0) is 21.8. The number of nitrogens with zero attached hydrogens (tertiary/aromatic N) is 1. The number of amides is 1. The Bertz CT molecular complexity index is 990. The van der Waals surface area contributed by atoms with E-state index >= 15 is 0 Å². The molecular formula is C24H26ClNO5. The summed E-state index contributed by atoms with van der Waals surface area (Å²) in [5.74, 6) is 2.51. The molecule has 0 saturated carbocycles. The topological polar surface area (TPSA) is 57.2 Å². The molecule has 2 aromatic rings. The second-order valence-corrected chi connectivity index (χ2v) is 7.80. The molecule has 1 unspecified atom stereocenters. The fraction of sp³-hybridized carbons (Fsp3) is 0.375. The lowest BCUT2D eigenvalue weighted by atomic mass is 10.0. The van der Waals surface area contributed by atoms with Gasteiger partial charge in [0.05, 0.1) is 24.8 Å². The van der Waals surface area contributed by atoms with E-state index in [1.807, 2.05) is 36.1 Å². The van der Waals surface area contributed by atoms with Gasteiger partial charge >= 0.3 is 0 Å². The SMILES string of the molecule is CCOc1c(Cl)cc(C=CC(=O)N2CCCC2c2ccc3c(c2)OCCO3)cc1OC. The highest BCUT2D eigenvalue weighted by atomic mass is 35.5. The highest BCUT2D eigenvalue weighted by Crippen LogP contribution is 2.39. The van der Waals surface area contributed by atoms with Crippen molar-refractivity contribution >= 4 is 23.6 Å². The van der Waals surface area contributed by atoms with Crippen LogP contribution >= 0.6 is 11.6 Å². The normalized spacial score (nSPS) is 17.8. The third-order valence-corrected chi connectivity index (χ3v) is 5.73. The molecule has 1 atom stereocenters. The minimum Gasteiger partial charge on any atom is -0.493 e. The summed E-state index contributed by atoms with van der Waals surface area (Å²) in [5, 5.41) is 0.448. The van der Waals surface area contributed by atoms with Gasteiger partial charge in [-0.05, 0) is 61.2 Å². The summed E-state index contributed by atoms with van der Waals surface area (Å²) in [6.45, 7) is 4.19. The number of hydrogen-bond donors (Lipinski definition) is 0. The van der Waals surface area contributed by atoms with Gasteiger partial charge in [-0.25, -0.2) is 0 Å². The van der Waals surface area contributed by atoms with E-state index in [9.17, 15) is 4.79 Å². The molecule has 1 amide bonds. The second-order valence-electron chi connectivity index (χ2n) is 7.39. The van der Waals surface area contributed by atoms with E-state index < -0.39 is 0 Å². The highest BCUT2D eigenvalue weighted by molar-refractivity contribution is 6.32. The van der Waals surface area contributed by atoms with Crippen molar-refractivity contribution in [3.05, 3.63) is 52.6 Å². The van der Waals surface area contributed by atoms with Crippen LogP contribution in [0.5, 0.6) is 23.0 Å². The van der Waals surface area contributed by atoms with E-state index in [0.29, 0.717) is 36.3 Å². The van der Waals surface area contributed by atoms with Gasteiger partial charge in [0, 0.05) is 12.6 Å². The average Bonchev–Trinajstić information content (AvgIpc) is 3.28. The summed E-state index contributed by atoms with van der Waals surface area (Å²) in [7, 11) is 1.56. The van der Waals surface area contributed by atoms with Crippen LogP contribution in [0, 0.1) is 0 Å². The van der Waals surface area contributed by atoms with Crippen molar-refractivity contribution in [2.24, 2.45) is 0 Å². The molecule has 1 saturated heterocycles. The number of benzene rings is 2. The van der Waals surface area contributed by atoms with Crippen LogP contribution in [0.3, 0.4) is 0 Å². The molecule has 1 fully saturated rings. The molecule has 2 aliphatic rings.